The number of carbonyl (C=O) groups excluding carboxylic acids is 4. The molecule has 2 aliphatic heterocycles. The number of rotatable bonds is 16. The monoisotopic (exact) mass is 904 g/mol. The van der Waals surface area contributed by atoms with Gasteiger partial charge in [0.05, 0.1) is 13.3 Å². The number of β-lactam (4-membered cyclic amide) rings is 1. The number of thioether (sulfide) groups is 1. The van der Waals surface area contributed by atoms with Crippen LogP contribution in [-0.2, 0) is 48.4 Å². The van der Waals surface area contributed by atoms with Crippen LogP contribution in [0, 0.1) is 0 Å². The molecule has 5 heterocycles. The average Bonchev–Trinajstić information content (AvgIpc) is 3.83. The molecule has 0 bridgehead atoms. The number of oxime groups is 1. The molecule has 3 N–H and O–H groups in total. The summed E-state index contributed by atoms with van der Waals surface area (Å²) in [5, 5.41) is 11.0. The summed E-state index contributed by atoms with van der Waals surface area (Å²) in [6.45, 7) is 5.45. The number of aromatic nitrogens is 5. The fraction of sp³-hybridized carbons (Fsp3) is 0.417. The Hall–Kier alpha value is -5.19. The van der Waals surface area contributed by atoms with E-state index in [0.717, 1.165) is 36.6 Å². The number of hydrogen-bond acceptors (Lipinski definition) is 15. The second kappa shape index (κ2) is 19.5. The second-order valence-corrected chi connectivity index (χ2v) is 15.6. The molecule has 4 aromatic rings. The first kappa shape index (κ1) is 43.9. The number of amides is 3. The SMILES string of the molecule is CNCCCn1cnc2c1ccc[n+]2CC1=C(C(=O)OCc2ccc(OC)cc2)N2C(=O)C(NC(=O)/C(=N\OCF)c3nsc(NC(=O)OC(C)(C)C)n3)C2SC1.[Br-]. The van der Waals surface area contributed by atoms with E-state index in [1.54, 1.807) is 58.5 Å². The minimum Gasteiger partial charge on any atom is -1.00 e. The summed E-state index contributed by atoms with van der Waals surface area (Å²) >= 11 is 2.06. The molecule has 1 aromatic carbocycles. The first-order valence-corrected chi connectivity index (χ1v) is 19.6. The molecule has 1 fully saturated rings. The Kier molecular flexibility index (Phi) is 14.8. The third-order valence-corrected chi connectivity index (χ3v) is 10.5. The summed E-state index contributed by atoms with van der Waals surface area (Å²) < 4.78 is 37.3. The van der Waals surface area contributed by atoms with Crippen molar-refractivity contribution in [3.63, 3.8) is 0 Å². The minimum absolute atomic E-state index is 0. The summed E-state index contributed by atoms with van der Waals surface area (Å²) in [4.78, 5) is 68.4. The molecular formula is C36H42BrFN10O8S2. The van der Waals surface area contributed by atoms with Crippen LogP contribution in [0.5, 0.6) is 5.75 Å². The molecule has 3 amide bonds. The standard InChI is InChI=1S/C36H41FN10O8S2.BrH/c1-36(2,3)55-35(51)42-34-41-28(44-57-34)25(43-54-19-37)30(48)40-26-31(49)47-27(33(50)53-17-21-9-11-23(52-5)12-10-21)22(18-56-32(26)47)16-45-14-6-8-24-29(45)39-20-46(24)15-7-13-38-4;/h6,8-12,14,20,26,32,38H,7,13,15-19H2,1-5H3,(H-,40,41,42,44,48,51);1H/b43-25-;. The number of pyridine rings is 1. The van der Waals surface area contributed by atoms with Gasteiger partial charge in [0.2, 0.25) is 23.0 Å². The highest BCUT2D eigenvalue weighted by molar-refractivity contribution is 8.00. The van der Waals surface area contributed by atoms with Crippen LogP contribution in [0.4, 0.5) is 14.3 Å². The van der Waals surface area contributed by atoms with E-state index in [2.05, 4.69) is 44.9 Å². The van der Waals surface area contributed by atoms with E-state index in [1.165, 1.54) is 16.7 Å². The van der Waals surface area contributed by atoms with E-state index in [1.807, 2.05) is 29.9 Å². The molecule has 310 valence electrons. The van der Waals surface area contributed by atoms with E-state index >= 15 is 0 Å². The Balaban J connectivity index is 0.00000641. The van der Waals surface area contributed by atoms with Gasteiger partial charge in [-0.15, -0.1) is 11.8 Å². The van der Waals surface area contributed by atoms with Gasteiger partial charge >= 0.3 is 17.7 Å². The second-order valence-electron chi connectivity index (χ2n) is 13.7. The van der Waals surface area contributed by atoms with Crippen LogP contribution in [0.15, 0.2) is 65.3 Å². The molecule has 22 heteroatoms. The van der Waals surface area contributed by atoms with Crippen molar-refractivity contribution in [1.29, 1.82) is 0 Å². The van der Waals surface area contributed by atoms with Crippen LogP contribution in [0.25, 0.3) is 11.2 Å². The average molecular weight is 906 g/mol. The van der Waals surface area contributed by atoms with E-state index in [9.17, 15) is 23.6 Å². The third kappa shape index (κ3) is 10.3. The van der Waals surface area contributed by atoms with E-state index in [0.29, 0.717) is 28.3 Å². The lowest BCUT2D eigenvalue weighted by Crippen LogP contribution is -3.00. The normalized spacial score (nSPS) is 16.6. The smallest absolute Gasteiger partial charge is 0.414 e. The van der Waals surface area contributed by atoms with Crippen molar-refractivity contribution < 1.29 is 64.2 Å². The Morgan fingerprint density at radius 2 is 1.93 bits per heavy atom. The van der Waals surface area contributed by atoms with E-state index in [-0.39, 0.29) is 46.8 Å². The fourth-order valence-electron chi connectivity index (χ4n) is 5.99. The number of aryl methyl sites for hydroxylation is 1. The molecule has 0 radical (unpaired) electrons. The van der Waals surface area contributed by atoms with Gasteiger partial charge in [0.15, 0.2) is 0 Å². The number of hydrogen-bond donors (Lipinski definition) is 3. The zero-order valence-corrected chi connectivity index (χ0v) is 35.4. The molecule has 3 aromatic heterocycles. The third-order valence-electron chi connectivity index (χ3n) is 8.56. The maximum atomic E-state index is 14.0. The quantitative estimate of drug-likeness (QED) is 0.0336. The maximum absolute atomic E-state index is 14.0. The lowest BCUT2D eigenvalue weighted by molar-refractivity contribution is -0.664. The number of carbonyl (C=O) groups is 4. The molecule has 0 spiro atoms. The first-order chi connectivity index (χ1) is 27.4. The largest absolute Gasteiger partial charge is 1.00 e. The van der Waals surface area contributed by atoms with Gasteiger partial charge in [0, 0.05) is 29.4 Å². The highest BCUT2D eigenvalue weighted by Crippen LogP contribution is 2.41. The number of fused-ring (bicyclic) bond motifs is 2. The van der Waals surface area contributed by atoms with Gasteiger partial charge in [0.25, 0.3) is 18.7 Å². The summed E-state index contributed by atoms with van der Waals surface area (Å²) in [5.41, 5.74) is 1.68. The lowest BCUT2D eigenvalue weighted by atomic mass is 10.0. The Bertz CT molecular complexity index is 2190. The van der Waals surface area contributed by atoms with Crippen LogP contribution in [-0.4, -0.2) is 104 Å². The number of esters is 1. The Morgan fingerprint density at radius 3 is 2.64 bits per heavy atom. The maximum Gasteiger partial charge on any atom is 0.414 e. The number of alkyl halides is 1. The van der Waals surface area contributed by atoms with Crippen molar-refractivity contribution in [2.24, 2.45) is 5.16 Å². The first-order valence-electron chi connectivity index (χ1n) is 17.8. The van der Waals surface area contributed by atoms with Crippen LogP contribution < -0.4 is 42.2 Å². The molecule has 2 aliphatic rings. The summed E-state index contributed by atoms with van der Waals surface area (Å²) in [6.07, 6.45) is 3.74. The number of nitrogens with one attached hydrogen (secondary N) is 3. The lowest BCUT2D eigenvalue weighted by Gasteiger charge is -2.49. The zero-order valence-electron chi connectivity index (χ0n) is 32.2. The molecule has 1 saturated heterocycles. The highest BCUT2D eigenvalue weighted by Gasteiger charge is 2.55. The van der Waals surface area contributed by atoms with Crippen molar-refractivity contribution >= 4 is 69.2 Å². The van der Waals surface area contributed by atoms with Crippen molar-refractivity contribution in [2.75, 3.05) is 38.6 Å². The van der Waals surface area contributed by atoms with Gasteiger partial charge in [-0.2, -0.15) is 9.36 Å². The number of ether oxygens (including phenoxy) is 3. The van der Waals surface area contributed by atoms with Gasteiger partial charge in [-0.05, 0) is 75.6 Å². The van der Waals surface area contributed by atoms with Gasteiger partial charge in [0.1, 0.15) is 47.1 Å². The van der Waals surface area contributed by atoms with E-state index in [4.69, 9.17) is 14.2 Å². The Labute approximate surface area is 351 Å². The predicted molar refractivity (Wildman–Crippen MR) is 207 cm³/mol. The number of benzene rings is 1. The van der Waals surface area contributed by atoms with Gasteiger partial charge in [-0.1, -0.05) is 17.3 Å². The van der Waals surface area contributed by atoms with Crippen molar-refractivity contribution in [2.45, 2.75) is 63.9 Å². The molecule has 6 rings (SSSR count). The van der Waals surface area contributed by atoms with Crippen LogP contribution in [0.3, 0.4) is 0 Å². The minimum atomic E-state index is -1.36. The molecular weight excluding hydrogens is 863 g/mol. The van der Waals surface area contributed by atoms with Crippen LogP contribution >= 0.6 is 23.3 Å². The summed E-state index contributed by atoms with van der Waals surface area (Å²) in [7, 11) is 3.45. The Morgan fingerprint density at radius 1 is 1.16 bits per heavy atom. The predicted octanol–water partition coefficient (Wildman–Crippen LogP) is -0.110. The fourth-order valence-corrected chi connectivity index (χ4v) is 7.89. The molecule has 2 atom stereocenters. The van der Waals surface area contributed by atoms with Gasteiger partial charge < -0.3 is 51.2 Å². The number of methoxy groups -OCH3 is 1. The molecule has 2 unspecified atom stereocenters. The highest BCUT2D eigenvalue weighted by atomic mass is 79.9. The van der Waals surface area contributed by atoms with Crippen LogP contribution in [0.2, 0.25) is 0 Å². The van der Waals surface area contributed by atoms with Crippen molar-refractivity contribution in [3.8, 4) is 5.75 Å². The number of halogens is 2. The van der Waals surface area contributed by atoms with Crippen molar-refractivity contribution in [1.82, 2.24) is 34.4 Å². The molecule has 0 saturated carbocycles. The van der Waals surface area contributed by atoms with Crippen molar-refractivity contribution in [3.05, 3.63) is 71.6 Å². The van der Waals surface area contributed by atoms with Gasteiger partial charge in [-0.25, -0.2) is 18.5 Å². The number of imidazole rings is 1. The van der Waals surface area contributed by atoms with E-state index < -0.39 is 53.5 Å². The number of nitrogens with zero attached hydrogens (tertiary/aromatic N) is 7. The van der Waals surface area contributed by atoms with Crippen LogP contribution in [0.1, 0.15) is 38.6 Å². The topological polar surface area (TPSA) is 204 Å². The summed E-state index contributed by atoms with van der Waals surface area (Å²) in [5.74, 6) is -1.60. The molecule has 58 heavy (non-hydrogen) atoms. The zero-order chi connectivity index (χ0) is 40.7. The van der Waals surface area contributed by atoms with Gasteiger partial charge in [-0.3, -0.25) is 19.8 Å². The summed E-state index contributed by atoms with van der Waals surface area (Å²) in [6, 6.07) is 9.79. The molecule has 18 nitrogen and oxygen atoms in total. The molecule has 0 aliphatic carbocycles. The number of anilines is 1.